The van der Waals surface area contributed by atoms with Gasteiger partial charge < -0.3 is 24.4 Å². The van der Waals surface area contributed by atoms with Crippen molar-refractivity contribution in [2.75, 3.05) is 34.3 Å². The van der Waals surface area contributed by atoms with E-state index in [0.29, 0.717) is 35.7 Å². The molecule has 7 nitrogen and oxygen atoms in total. The first-order valence-corrected chi connectivity index (χ1v) is 10.6. The number of carbonyl (C=O) groups is 2. The summed E-state index contributed by atoms with van der Waals surface area (Å²) in [4.78, 5) is 29.5. The van der Waals surface area contributed by atoms with Crippen LogP contribution in [0, 0.1) is 0 Å². The van der Waals surface area contributed by atoms with E-state index < -0.39 is 17.7 Å². The fourth-order valence-electron chi connectivity index (χ4n) is 3.75. The number of benzene rings is 2. The summed E-state index contributed by atoms with van der Waals surface area (Å²) in [5.41, 5.74) is 1.14. The number of aliphatic hydroxyl groups excluding tert-OH is 1. The molecule has 1 atom stereocenters. The Balaban J connectivity index is 2.12. The molecule has 3 rings (SSSR count). The quantitative estimate of drug-likeness (QED) is 0.386. The van der Waals surface area contributed by atoms with Gasteiger partial charge in [0.15, 0.2) is 0 Å². The third-order valence-electron chi connectivity index (χ3n) is 5.26. The number of methoxy groups -OCH3 is 1. The molecule has 1 aliphatic rings. The topological polar surface area (TPSA) is 79.3 Å². The zero-order valence-electron chi connectivity index (χ0n) is 19.2. The molecule has 0 radical (unpaired) electrons. The molecule has 2 aromatic rings. The largest absolute Gasteiger partial charge is 0.507 e. The molecule has 0 aliphatic carbocycles. The molecular weight excluding hydrogens is 408 g/mol. The van der Waals surface area contributed by atoms with E-state index in [4.69, 9.17) is 9.47 Å². The van der Waals surface area contributed by atoms with Crippen LogP contribution < -0.4 is 9.47 Å². The van der Waals surface area contributed by atoms with Crippen LogP contribution in [0.25, 0.3) is 5.76 Å². The van der Waals surface area contributed by atoms with Gasteiger partial charge in [-0.1, -0.05) is 18.2 Å². The summed E-state index contributed by atoms with van der Waals surface area (Å²) >= 11 is 0. The van der Waals surface area contributed by atoms with Crippen LogP contribution in [-0.2, 0) is 9.59 Å². The zero-order valence-corrected chi connectivity index (χ0v) is 19.2. The summed E-state index contributed by atoms with van der Waals surface area (Å²) in [6.07, 6.45) is 0.0158. The predicted octanol–water partition coefficient (Wildman–Crippen LogP) is 3.47. The Kier molecular flexibility index (Phi) is 7.20. The fourth-order valence-corrected chi connectivity index (χ4v) is 3.75. The van der Waals surface area contributed by atoms with Gasteiger partial charge in [-0.25, -0.2) is 0 Å². The van der Waals surface area contributed by atoms with Gasteiger partial charge in [-0.05, 0) is 58.3 Å². The number of aliphatic hydroxyl groups is 1. The molecule has 1 amide bonds. The minimum atomic E-state index is -0.752. The third kappa shape index (κ3) is 4.78. The van der Waals surface area contributed by atoms with Crippen molar-refractivity contribution in [3.8, 4) is 11.5 Å². The van der Waals surface area contributed by atoms with Crippen molar-refractivity contribution in [3.63, 3.8) is 0 Å². The molecule has 1 saturated heterocycles. The van der Waals surface area contributed by atoms with E-state index >= 15 is 0 Å². The number of likely N-dealkylation sites (tertiary alicyclic amines) is 1. The number of Topliss-reactive ketones (excluding diaryl/α,β-unsaturated/α-hetero) is 1. The number of hydrogen-bond acceptors (Lipinski definition) is 6. The van der Waals surface area contributed by atoms with Crippen LogP contribution in [-0.4, -0.2) is 67.0 Å². The Bertz CT molecular complexity index is 1010. The summed E-state index contributed by atoms with van der Waals surface area (Å²) in [7, 11) is 5.34. The number of nitrogens with zero attached hydrogens (tertiary/aromatic N) is 2. The van der Waals surface area contributed by atoms with E-state index in [9.17, 15) is 14.7 Å². The van der Waals surface area contributed by atoms with Crippen LogP contribution in [0.3, 0.4) is 0 Å². The van der Waals surface area contributed by atoms with E-state index in [0.717, 1.165) is 0 Å². The van der Waals surface area contributed by atoms with Gasteiger partial charge in [-0.3, -0.25) is 9.59 Å². The molecule has 32 heavy (non-hydrogen) atoms. The molecule has 0 saturated carbocycles. The van der Waals surface area contributed by atoms with Gasteiger partial charge in [0, 0.05) is 24.2 Å². The van der Waals surface area contributed by atoms with Gasteiger partial charge in [0.2, 0.25) is 0 Å². The highest BCUT2D eigenvalue weighted by atomic mass is 16.5. The van der Waals surface area contributed by atoms with Gasteiger partial charge >= 0.3 is 0 Å². The second kappa shape index (κ2) is 9.87. The molecule has 2 aromatic carbocycles. The first-order chi connectivity index (χ1) is 15.2. The number of ether oxygens (including phenoxy) is 2. The van der Waals surface area contributed by atoms with Crippen molar-refractivity contribution < 1.29 is 24.2 Å². The molecule has 0 aromatic heterocycles. The first-order valence-electron chi connectivity index (χ1n) is 10.6. The molecule has 170 valence electrons. The molecule has 1 heterocycles. The molecular formula is C25H30N2O5. The van der Waals surface area contributed by atoms with E-state index in [-0.39, 0.29) is 17.4 Å². The Labute approximate surface area is 188 Å². The van der Waals surface area contributed by atoms with Crippen molar-refractivity contribution in [3.05, 3.63) is 65.2 Å². The van der Waals surface area contributed by atoms with Crippen molar-refractivity contribution in [2.24, 2.45) is 0 Å². The van der Waals surface area contributed by atoms with Gasteiger partial charge in [0.25, 0.3) is 11.7 Å². The third-order valence-corrected chi connectivity index (χ3v) is 5.26. The number of ketones is 1. The number of likely N-dealkylation sites (N-methyl/N-ethyl adjacent to an activating group) is 1. The van der Waals surface area contributed by atoms with Crippen LogP contribution in [0.5, 0.6) is 11.5 Å². The highest BCUT2D eigenvalue weighted by molar-refractivity contribution is 6.46. The maximum atomic E-state index is 13.1. The number of amides is 1. The lowest BCUT2D eigenvalue weighted by Gasteiger charge is -2.27. The molecule has 1 fully saturated rings. The molecule has 0 spiro atoms. The normalized spacial score (nSPS) is 18.0. The molecule has 1 N–H and O–H groups in total. The summed E-state index contributed by atoms with van der Waals surface area (Å²) < 4.78 is 11.2. The Hall–Kier alpha value is -3.32. The minimum absolute atomic E-state index is 0.0158. The van der Waals surface area contributed by atoms with Crippen LogP contribution in [0.15, 0.2) is 54.1 Å². The van der Waals surface area contributed by atoms with Crippen molar-refractivity contribution in [1.82, 2.24) is 9.80 Å². The van der Waals surface area contributed by atoms with Gasteiger partial charge in [0.05, 0.1) is 24.8 Å². The number of hydrogen-bond donors (Lipinski definition) is 1. The van der Waals surface area contributed by atoms with E-state index in [1.807, 2.05) is 51.0 Å². The lowest BCUT2D eigenvalue weighted by Crippen LogP contribution is -2.35. The highest BCUT2D eigenvalue weighted by Crippen LogP contribution is 2.42. The van der Waals surface area contributed by atoms with Crippen LogP contribution in [0.2, 0.25) is 0 Å². The Morgan fingerprint density at radius 3 is 2.34 bits per heavy atom. The maximum Gasteiger partial charge on any atom is 0.295 e. The average Bonchev–Trinajstić information content (AvgIpc) is 3.01. The molecule has 1 unspecified atom stereocenters. The summed E-state index contributed by atoms with van der Waals surface area (Å²) in [5.74, 6) is -0.364. The van der Waals surface area contributed by atoms with Gasteiger partial charge in [-0.15, -0.1) is 0 Å². The van der Waals surface area contributed by atoms with Crippen LogP contribution in [0.1, 0.15) is 31.0 Å². The Morgan fingerprint density at radius 1 is 1.09 bits per heavy atom. The summed E-state index contributed by atoms with van der Waals surface area (Å²) in [5, 5.41) is 11.2. The van der Waals surface area contributed by atoms with Crippen LogP contribution >= 0.6 is 0 Å². The fraction of sp³-hybridized carbons (Fsp3) is 0.360. The first kappa shape index (κ1) is 23.3. The van der Waals surface area contributed by atoms with Gasteiger partial charge in [0.1, 0.15) is 17.3 Å². The van der Waals surface area contributed by atoms with Crippen molar-refractivity contribution in [2.45, 2.75) is 26.0 Å². The molecule has 0 bridgehead atoms. The molecule has 7 heteroatoms. The lowest BCUT2D eigenvalue weighted by atomic mass is 9.94. The standard InChI is InChI=1S/C25H30N2O5/c1-16(2)32-18-12-10-17(11-13-18)23(28)21-22(19-8-6-7-9-20(19)31-5)27(15-14-26(3)4)25(30)24(21)29/h6-13,16,22,28H,14-15H2,1-5H3/b23-21-. The Morgan fingerprint density at radius 2 is 1.75 bits per heavy atom. The van der Waals surface area contributed by atoms with Crippen molar-refractivity contribution in [1.29, 1.82) is 0 Å². The lowest BCUT2D eigenvalue weighted by molar-refractivity contribution is -0.140. The predicted molar refractivity (Wildman–Crippen MR) is 123 cm³/mol. The average molecular weight is 439 g/mol. The van der Waals surface area contributed by atoms with Crippen molar-refractivity contribution >= 4 is 17.4 Å². The summed E-state index contributed by atoms with van der Waals surface area (Å²) in [6, 6.07) is 13.3. The number of para-hydroxylation sites is 1. The highest BCUT2D eigenvalue weighted by Gasteiger charge is 2.46. The second-order valence-electron chi connectivity index (χ2n) is 8.23. The maximum absolute atomic E-state index is 13.1. The smallest absolute Gasteiger partial charge is 0.295 e. The second-order valence-corrected chi connectivity index (χ2v) is 8.23. The zero-order chi connectivity index (χ0) is 23.4. The SMILES string of the molecule is COc1ccccc1C1/C(=C(/O)c2ccc(OC(C)C)cc2)C(=O)C(=O)N1CCN(C)C. The molecule has 1 aliphatic heterocycles. The van der Waals surface area contributed by atoms with E-state index in [2.05, 4.69) is 0 Å². The number of carbonyl (C=O) groups excluding carboxylic acids is 2. The van der Waals surface area contributed by atoms with E-state index in [1.165, 1.54) is 12.0 Å². The monoisotopic (exact) mass is 438 g/mol. The van der Waals surface area contributed by atoms with Crippen LogP contribution in [0.4, 0.5) is 0 Å². The number of rotatable bonds is 8. The summed E-state index contributed by atoms with van der Waals surface area (Å²) in [6.45, 7) is 4.75. The van der Waals surface area contributed by atoms with E-state index in [1.54, 1.807) is 30.3 Å². The minimum Gasteiger partial charge on any atom is -0.507 e. The van der Waals surface area contributed by atoms with Gasteiger partial charge in [-0.2, -0.15) is 0 Å².